The largest absolute Gasteiger partial charge is 0.504 e. The number of aromatic hydroxyl groups is 2. The van der Waals surface area contributed by atoms with Crippen LogP contribution in [-0.2, 0) is 19.7 Å². The quantitative estimate of drug-likeness (QED) is 0.0710. The number of benzene rings is 4. The Hall–Kier alpha value is -4.36. The Morgan fingerprint density at radius 1 is 0.707 bits per heavy atom. The fraction of sp³-hybridized carbons (Fsp3) is 0.206. The molecule has 0 bridgehead atoms. The van der Waals surface area contributed by atoms with Crippen LogP contribution >= 0.6 is 0 Å². The lowest BCUT2D eigenvalue weighted by Gasteiger charge is -2.34. The fourth-order valence-corrected chi connectivity index (χ4v) is 6.65. The zero-order valence-electron chi connectivity index (χ0n) is 22.7. The van der Waals surface area contributed by atoms with E-state index in [0.717, 1.165) is 12.8 Å². The predicted molar refractivity (Wildman–Crippen MR) is 161 cm³/mol. The molecule has 0 unspecified atom stereocenters. The fourth-order valence-electron chi connectivity index (χ4n) is 4.90. The lowest BCUT2D eigenvalue weighted by atomic mass is 9.85. The van der Waals surface area contributed by atoms with E-state index >= 15 is 0 Å². The number of allylic oxidation sites excluding steroid dienone is 1. The molecule has 4 rings (SSSR count). The number of carbonyl (C=O) groups is 1. The molecule has 0 aliphatic rings. The minimum atomic E-state index is -4.19. The van der Waals surface area contributed by atoms with Gasteiger partial charge in [-0.1, -0.05) is 110 Å². The van der Waals surface area contributed by atoms with Crippen molar-refractivity contribution in [2.24, 2.45) is 0 Å². The second-order valence-electron chi connectivity index (χ2n) is 9.87. The highest BCUT2D eigenvalue weighted by Crippen LogP contribution is 2.43. The van der Waals surface area contributed by atoms with Crippen molar-refractivity contribution in [3.8, 4) is 17.2 Å². The number of phenolic OH excluding ortho intramolecular Hbond substituents is 2. The minimum absolute atomic E-state index is 0.0423. The maximum Gasteiger partial charge on any atom is 0.323 e. The normalized spacial score (nSPS) is 11.9. The van der Waals surface area contributed by atoms with Crippen molar-refractivity contribution >= 4 is 22.0 Å². The Balaban J connectivity index is 1.46. The maximum atomic E-state index is 14.2. The van der Waals surface area contributed by atoms with Gasteiger partial charge in [0.2, 0.25) is 0 Å². The third-order valence-corrected chi connectivity index (χ3v) is 8.96. The van der Waals surface area contributed by atoms with E-state index in [2.05, 4.69) is 0 Å². The van der Waals surface area contributed by atoms with Crippen molar-refractivity contribution in [3.63, 3.8) is 0 Å². The lowest BCUT2D eigenvalue weighted by molar-refractivity contribution is -0.114. The molecule has 0 amide bonds. The van der Waals surface area contributed by atoms with Gasteiger partial charge in [0.05, 0.1) is 0 Å². The zero-order valence-corrected chi connectivity index (χ0v) is 23.5. The first-order valence-corrected chi connectivity index (χ1v) is 15.1. The van der Waals surface area contributed by atoms with Gasteiger partial charge in [0.1, 0.15) is 5.75 Å². The summed E-state index contributed by atoms with van der Waals surface area (Å²) >= 11 is 0. The number of phenols is 2. The monoisotopic (exact) mass is 570 g/mol. The van der Waals surface area contributed by atoms with Crippen molar-refractivity contribution in [3.05, 3.63) is 132 Å². The average Bonchev–Trinajstić information content (AvgIpc) is 2.98. The summed E-state index contributed by atoms with van der Waals surface area (Å²) in [6.07, 6.45) is 6.53. The van der Waals surface area contributed by atoms with Crippen LogP contribution in [0.25, 0.3) is 6.08 Å². The molecule has 4 aromatic rings. The molecule has 41 heavy (non-hydrogen) atoms. The highest BCUT2D eigenvalue weighted by atomic mass is 32.2. The Morgan fingerprint density at radius 2 is 1.27 bits per heavy atom. The van der Waals surface area contributed by atoms with Crippen molar-refractivity contribution in [2.45, 2.75) is 43.3 Å². The summed E-state index contributed by atoms with van der Waals surface area (Å²) in [6.45, 7) is 0. The van der Waals surface area contributed by atoms with Crippen molar-refractivity contribution < 1.29 is 27.6 Å². The number of hydrogen-bond donors (Lipinski definition) is 2. The summed E-state index contributed by atoms with van der Waals surface area (Å²) in [5.74, 6) is -0.230. The van der Waals surface area contributed by atoms with Crippen LogP contribution in [0, 0.1) is 0 Å². The molecule has 2 N–H and O–H groups in total. The lowest BCUT2D eigenvalue weighted by Crippen LogP contribution is -2.40. The van der Waals surface area contributed by atoms with Gasteiger partial charge in [-0.2, -0.15) is 8.42 Å². The van der Waals surface area contributed by atoms with Crippen LogP contribution in [0.4, 0.5) is 0 Å². The number of unbranched alkanes of at least 4 members (excludes halogenated alkanes) is 3. The van der Waals surface area contributed by atoms with Crippen molar-refractivity contribution in [1.82, 2.24) is 0 Å². The number of para-hydroxylation sites is 1. The Kier molecular flexibility index (Phi) is 9.98. The first-order valence-electron chi connectivity index (χ1n) is 13.6. The van der Waals surface area contributed by atoms with Gasteiger partial charge < -0.3 is 14.4 Å². The average molecular weight is 571 g/mol. The summed E-state index contributed by atoms with van der Waals surface area (Å²) in [4.78, 5) is 12.3. The van der Waals surface area contributed by atoms with Gasteiger partial charge in [-0.25, -0.2) is 0 Å². The van der Waals surface area contributed by atoms with Crippen LogP contribution in [0.3, 0.4) is 0 Å². The smallest absolute Gasteiger partial charge is 0.323 e. The minimum Gasteiger partial charge on any atom is -0.504 e. The van der Waals surface area contributed by atoms with E-state index in [4.69, 9.17) is 4.18 Å². The third-order valence-electron chi connectivity index (χ3n) is 7.02. The van der Waals surface area contributed by atoms with Crippen molar-refractivity contribution in [2.75, 3.05) is 0 Å². The van der Waals surface area contributed by atoms with E-state index in [1.807, 2.05) is 60.7 Å². The Labute approximate surface area is 241 Å². The van der Waals surface area contributed by atoms with Crippen LogP contribution in [0.2, 0.25) is 0 Å². The van der Waals surface area contributed by atoms with Crippen LogP contribution in [0.1, 0.15) is 55.2 Å². The van der Waals surface area contributed by atoms with Gasteiger partial charge in [-0.3, -0.25) is 4.79 Å². The molecule has 0 aliphatic heterocycles. The molecule has 0 saturated carbocycles. The topological polar surface area (TPSA) is 101 Å². The van der Waals surface area contributed by atoms with E-state index < -0.39 is 14.9 Å². The van der Waals surface area contributed by atoms with Crippen LogP contribution < -0.4 is 4.18 Å². The van der Waals surface area contributed by atoms with Gasteiger partial charge in [0, 0.05) is 6.42 Å². The second-order valence-corrected chi connectivity index (χ2v) is 11.6. The molecule has 6 nitrogen and oxygen atoms in total. The first kappa shape index (κ1) is 29.6. The second kappa shape index (κ2) is 13.8. The van der Waals surface area contributed by atoms with Gasteiger partial charge in [0.25, 0.3) is 0 Å². The standard InChI is InChI=1S/C34H34O6S/c35-30(23-21-27-22-24-32(36)33(37)26-27)18-10-1-2-13-25-34(28-14-6-3-7-15-28,29-16-8-4-9-17-29)41(38,39)40-31-19-11-5-12-20-31/h3-9,11-12,14-17,19-24,26,36-37H,1-2,10,13,18,25H2/b23-21+. The number of hydrogen-bond acceptors (Lipinski definition) is 6. The molecule has 4 aromatic carbocycles. The summed E-state index contributed by atoms with van der Waals surface area (Å²) in [7, 11) is -4.19. The SMILES string of the molecule is O=C(/C=C/c1ccc(O)c(O)c1)CCCCCCC(c1ccccc1)(c1ccccc1)S(=O)(=O)Oc1ccccc1. The summed E-state index contributed by atoms with van der Waals surface area (Å²) < 4.78 is 32.6. The predicted octanol–water partition coefficient (Wildman–Crippen LogP) is 7.37. The van der Waals surface area contributed by atoms with Gasteiger partial charge >= 0.3 is 10.1 Å². The summed E-state index contributed by atoms with van der Waals surface area (Å²) in [5, 5.41) is 19.0. The van der Waals surface area contributed by atoms with Crippen molar-refractivity contribution in [1.29, 1.82) is 0 Å². The van der Waals surface area contributed by atoms with Gasteiger partial charge in [-0.05, 0) is 59.9 Å². The number of carbonyl (C=O) groups excluding carboxylic acids is 1. The van der Waals surface area contributed by atoms with E-state index in [9.17, 15) is 23.4 Å². The molecular weight excluding hydrogens is 536 g/mol. The Bertz CT molecular complexity index is 1510. The van der Waals surface area contributed by atoms with Crippen LogP contribution in [0.15, 0.2) is 115 Å². The molecule has 0 fully saturated rings. The summed E-state index contributed by atoms with van der Waals surface area (Å²) in [5.41, 5.74) is 1.90. The summed E-state index contributed by atoms with van der Waals surface area (Å²) in [6, 6.07) is 31.3. The molecule has 0 aromatic heterocycles. The molecule has 0 heterocycles. The number of rotatable bonds is 14. The first-order chi connectivity index (χ1) is 19.8. The third kappa shape index (κ3) is 7.44. The van der Waals surface area contributed by atoms with Crippen LogP contribution in [0.5, 0.6) is 17.2 Å². The van der Waals surface area contributed by atoms with E-state index in [1.165, 1.54) is 18.2 Å². The van der Waals surface area contributed by atoms with E-state index in [-0.39, 0.29) is 23.0 Å². The Morgan fingerprint density at radius 3 is 1.85 bits per heavy atom. The molecule has 0 spiro atoms. The molecule has 7 heteroatoms. The molecule has 0 radical (unpaired) electrons. The van der Waals surface area contributed by atoms with Gasteiger partial charge in [-0.15, -0.1) is 0 Å². The highest BCUT2D eigenvalue weighted by molar-refractivity contribution is 7.88. The molecule has 0 aliphatic carbocycles. The molecular formula is C34H34O6S. The number of ketones is 1. The van der Waals surface area contributed by atoms with E-state index in [1.54, 1.807) is 42.5 Å². The van der Waals surface area contributed by atoms with Gasteiger partial charge in [0.15, 0.2) is 22.0 Å². The van der Waals surface area contributed by atoms with E-state index in [0.29, 0.717) is 42.4 Å². The molecule has 0 saturated heterocycles. The maximum absolute atomic E-state index is 14.2. The zero-order chi connectivity index (χ0) is 29.1. The molecule has 212 valence electrons. The molecule has 0 atom stereocenters. The van der Waals surface area contributed by atoms with Crippen LogP contribution in [-0.4, -0.2) is 24.4 Å². The highest BCUT2D eigenvalue weighted by Gasteiger charge is 2.48.